The Kier molecular flexibility index (Phi) is 1.92. The largest absolute Gasteiger partial charge is 0.375 e. The van der Waals surface area contributed by atoms with Crippen molar-refractivity contribution in [2.24, 2.45) is 0 Å². The molecule has 2 rings (SSSR count). The molecule has 2 heterocycles. The van der Waals surface area contributed by atoms with E-state index in [0.717, 1.165) is 13.0 Å². The standard InChI is InChI=1S/C10H19NO/c1-3-9(2)8-10(4-6-11-10)5-7-12-9/h11H,3-8H2,1-2H3. The molecular weight excluding hydrogens is 150 g/mol. The third-order valence-corrected chi connectivity index (χ3v) is 3.59. The van der Waals surface area contributed by atoms with Gasteiger partial charge in [0.15, 0.2) is 0 Å². The Hall–Kier alpha value is -0.0800. The van der Waals surface area contributed by atoms with Crippen molar-refractivity contribution in [1.82, 2.24) is 5.32 Å². The van der Waals surface area contributed by atoms with Crippen LogP contribution in [0.15, 0.2) is 0 Å². The van der Waals surface area contributed by atoms with E-state index in [9.17, 15) is 0 Å². The van der Waals surface area contributed by atoms with E-state index in [4.69, 9.17) is 4.74 Å². The normalized spacial score (nSPS) is 47.5. The fourth-order valence-corrected chi connectivity index (χ4v) is 2.42. The third-order valence-electron chi connectivity index (χ3n) is 3.59. The molecule has 0 aliphatic carbocycles. The van der Waals surface area contributed by atoms with Crippen LogP contribution in [-0.4, -0.2) is 24.3 Å². The van der Waals surface area contributed by atoms with Crippen LogP contribution in [0.2, 0.25) is 0 Å². The van der Waals surface area contributed by atoms with Crippen LogP contribution in [0.5, 0.6) is 0 Å². The Balaban J connectivity index is 2.03. The van der Waals surface area contributed by atoms with E-state index in [0.29, 0.717) is 5.54 Å². The van der Waals surface area contributed by atoms with Crippen LogP contribution >= 0.6 is 0 Å². The van der Waals surface area contributed by atoms with Gasteiger partial charge in [-0.05, 0) is 39.2 Å². The van der Waals surface area contributed by atoms with Gasteiger partial charge in [-0.15, -0.1) is 0 Å². The van der Waals surface area contributed by atoms with Crippen LogP contribution < -0.4 is 5.32 Å². The SMILES string of the molecule is CCC1(C)CC2(CCN2)CCO1. The van der Waals surface area contributed by atoms with Gasteiger partial charge < -0.3 is 10.1 Å². The summed E-state index contributed by atoms with van der Waals surface area (Å²) in [6, 6.07) is 0. The maximum absolute atomic E-state index is 5.81. The summed E-state index contributed by atoms with van der Waals surface area (Å²) >= 11 is 0. The molecule has 2 fully saturated rings. The summed E-state index contributed by atoms with van der Waals surface area (Å²) in [5.41, 5.74) is 0.606. The molecule has 2 saturated heterocycles. The Labute approximate surface area is 74.7 Å². The molecule has 0 aromatic rings. The van der Waals surface area contributed by atoms with Gasteiger partial charge in [-0.25, -0.2) is 0 Å². The Morgan fingerprint density at radius 1 is 1.42 bits per heavy atom. The molecular formula is C10H19NO. The number of rotatable bonds is 1. The van der Waals surface area contributed by atoms with E-state index in [-0.39, 0.29) is 5.60 Å². The van der Waals surface area contributed by atoms with Crippen molar-refractivity contribution < 1.29 is 4.74 Å². The van der Waals surface area contributed by atoms with Gasteiger partial charge in [-0.3, -0.25) is 0 Å². The first kappa shape index (κ1) is 8.52. The molecule has 2 nitrogen and oxygen atoms in total. The van der Waals surface area contributed by atoms with Crippen LogP contribution in [0.1, 0.15) is 39.5 Å². The molecule has 0 aromatic carbocycles. The molecule has 2 atom stereocenters. The lowest BCUT2D eigenvalue weighted by atomic mass is 9.73. The summed E-state index contributed by atoms with van der Waals surface area (Å²) in [5.74, 6) is 0. The third kappa shape index (κ3) is 1.27. The minimum Gasteiger partial charge on any atom is -0.375 e. The van der Waals surface area contributed by atoms with E-state index in [1.165, 1.54) is 25.8 Å². The summed E-state index contributed by atoms with van der Waals surface area (Å²) in [4.78, 5) is 0. The second-order valence-electron chi connectivity index (χ2n) is 4.54. The molecule has 1 N–H and O–H groups in total. The van der Waals surface area contributed by atoms with Crippen molar-refractivity contribution in [3.63, 3.8) is 0 Å². The highest BCUT2D eigenvalue weighted by molar-refractivity contribution is 5.03. The van der Waals surface area contributed by atoms with Crippen molar-refractivity contribution >= 4 is 0 Å². The molecule has 0 saturated carbocycles. The van der Waals surface area contributed by atoms with Crippen molar-refractivity contribution in [2.75, 3.05) is 13.2 Å². The maximum atomic E-state index is 5.81. The van der Waals surface area contributed by atoms with E-state index in [2.05, 4.69) is 19.2 Å². The first-order chi connectivity index (χ1) is 5.68. The quantitative estimate of drug-likeness (QED) is 0.645. The van der Waals surface area contributed by atoms with Crippen molar-refractivity contribution in [2.45, 2.75) is 50.7 Å². The number of ether oxygens (including phenoxy) is 1. The summed E-state index contributed by atoms with van der Waals surface area (Å²) < 4.78 is 5.81. The highest BCUT2D eigenvalue weighted by atomic mass is 16.5. The minimum absolute atomic E-state index is 0.145. The predicted octanol–water partition coefficient (Wildman–Crippen LogP) is 1.70. The topological polar surface area (TPSA) is 21.3 Å². The molecule has 0 radical (unpaired) electrons. The van der Waals surface area contributed by atoms with Gasteiger partial charge in [-0.2, -0.15) is 0 Å². The summed E-state index contributed by atoms with van der Waals surface area (Å²) in [6.45, 7) is 6.61. The average Bonchev–Trinajstić information content (AvgIpc) is 2.02. The molecule has 0 amide bonds. The van der Waals surface area contributed by atoms with Crippen LogP contribution in [0.3, 0.4) is 0 Å². The van der Waals surface area contributed by atoms with Gasteiger partial charge in [0, 0.05) is 12.1 Å². The lowest BCUT2D eigenvalue weighted by Gasteiger charge is -2.52. The first-order valence-corrected chi connectivity index (χ1v) is 5.07. The van der Waals surface area contributed by atoms with Crippen LogP contribution in [-0.2, 0) is 4.74 Å². The Morgan fingerprint density at radius 3 is 2.67 bits per heavy atom. The molecule has 0 aromatic heterocycles. The zero-order valence-electron chi connectivity index (χ0n) is 8.15. The Morgan fingerprint density at radius 2 is 2.17 bits per heavy atom. The lowest BCUT2D eigenvalue weighted by Crippen LogP contribution is -2.63. The molecule has 70 valence electrons. The van der Waals surface area contributed by atoms with Gasteiger partial charge in [0.2, 0.25) is 0 Å². The minimum atomic E-state index is 0.145. The summed E-state index contributed by atoms with van der Waals surface area (Å²) in [5, 5.41) is 3.57. The summed E-state index contributed by atoms with van der Waals surface area (Å²) in [7, 11) is 0. The molecule has 2 aliphatic heterocycles. The van der Waals surface area contributed by atoms with E-state index in [1.54, 1.807) is 0 Å². The fourth-order valence-electron chi connectivity index (χ4n) is 2.42. The molecule has 2 unspecified atom stereocenters. The zero-order valence-corrected chi connectivity index (χ0v) is 8.15. The first-order valence-electron chi connectivity index (χ1n) is 5.07. The van der Waals surface area contributed by atoms with E-state index in [1.807, 2.05) is 0 Å². The highest BCUT2D eigenvalue weighted by Crippen LogP contribution is 2.39. The molecule has 1 spiro atoms. The monoisotopic (exact) mass is 169 g/mol. The van der Waals surface area contributed by atoms with E-state index < -0.39 is 0 Å². The smallest absolute Gasteiger partial charge is 0.0669 e. The predicted molar refractivity (Wildman–Crippen MR) is 49.2 cm³/mol. The van der Waals surface area contributed by atoms with Crippen LogP contribution in [0, 0.1) is 0 Å². The second-order valence-corrected chi connectivity index (χ2v) is 4.54. The second kappa shape index (κ2) is 2.71. The van der Waals surface area contributed by atoms with Gasteiger partial charge >= 0.3 is 0 Å². The molecule has 0 bridgehead atoms. The van der Waals surface area contributed by atoms with Crippen LogP contribution in [0.25, 0.3) is 0 Å². The molecule has 2 aliphatic rings. The highest BCUT2D eigenvalue weighted by Gasteiger charge is 2.45. The van der Waals surface area contributed by atoms with Crippen molar-refractivity contribution in [3.05, 3.63) is 0 Å². The number of hydrogen-bond acceptors (Lipinski definition) is 2. The Bertz CT molecular complexity index is 167. The van der Waals surface area contributed by atoms with Gasteiger partial charge in [0.05, 0.1) is 5.60 Å². The van der Waals surface area contributed by atoms with Gasteiger partial charge in [0.1, 0.15) is 0 Å². The lowest BCUT2D eigenvalue weighted by molar-refractivity contribution is -0.115. The summed E-state index contributed by atoms with van der Waals surface area (Å²) in [6.07, 6.45) is 4.90. The zero-order chi connectivity index (χ0) is 8.66. The van der Waals surface area contributed by atoms with Gasteiger partial charge in [0.25, 0.3) is 0 Å². The fraction of sp³-hybridized carbons (Fsp3) is 1.00. The van der Waals surface area contributed by atoms with Crippen molar-refractivity contribution in [1.29, 1.82) is 0 Å². The maximum Gasteiger partial charge on any atom is 0.0669 e. The van der Waals surface area contributed by atoms with E-state index >= 15 is 0 Å². The van der Waals surface area contributed by atoms with Crippen molar-refractivity contribution in [3.8, 4) is 0 Å². The number of nitrogens with one attached hydrogen (secondary N) is 1. The molecule has 2 heteroatoms. The van der Waals surface area contributed by atoms with Gasteiger partial charge in [-0.1, -0.05) is 6.92 Å². The average molecular weight is 169 g/mol. The van der Waals surface area contributed by atoms with Crippen LogP contribution in [0.4, 0.5) is 0 Å². The number of hydrogen-bond donors (Lipinski definition) is 1. The molecule has 12 heavy (non-hydrogen) atoms.